The van der Waals surface area contributed by atoms with Gasteiger partial charge in [-0.05, 0) is 57.0 Å². The molecule has 1 N–H and O–H groups in total. The summed E-state index contributed by atoms with van der Waals surface area (Å²) in [6.45, 7) is 5.95. The lowest BCUT2D eigenvalue weighted by atomic mass is 10.1. The molecular formula is C22H27FN2O3. The number of likely N-dealkylation sites (tertiary alicyclic amines) is 1. The third kappa shape index (κ3) is 5.23. The molecule has 2 aromatic carbocycles. The van der Waals surface area contributed by atoms with Crippen LogP contribution in [0.1, 0.15) is 26.7 Å². The van der Waals surface area contributed by atoms with Crippen molar-refractivity contribution < 1.29 is 18.7 Å². The van der Waals surface area contributed by atoms with Gasteiger partial charge in [0.05, 0.1) is 12.6 Å². The lowest BCUT2D eigenvalue weighted by Gasteiger charge is -2.35. The first-order valence-corrected chi connectivity index (χ1v) is 9.75. The highest BCUT2D eigenvalue weighted by Gasteiger charge is 2.28. The molecule has 0 radical (unpaired) electrons. The van der Waals surface area contributed by atoms with Gasteiger partial charge in [0, 0.05) is 18.8 Å². The van der Waals surface area contributed by atoms with Crippen LogP contribution in [-0.4, -0.2) is 42.6 Å². The fourth-order valence-electron chi connectivity index (χ4n) is 3.36. The molecule has 1 amide bonds. The number of hydrogen-bond acceptors (Lipinski definition) is 4. The standard InChI is InChI=1S/C22H27FN2O3/c1-3-27-20-9-4-5-10-21(20)28-19-11-13-25(14-12-19)16(2)22(26)24-18-8-6-7-17(23)15-18/h4-10,15-16,19H,3,11-14H2,1-2H3,(H,24,26). The van der Waals surface area contributed by atoms with E-state index in [-0.39, 0.29) is 23.9 Å². The lowest BCUT2D eigenvalue weighted by Crippen LogP contribution is -2.47. The van der Waals surface area contributed by atoms with E-state index >= 15 is 0 Å². The van der Waals surface area contributed by atoms with Gasteiger partial charge in [0.15, 0.2) is 11.5 Å². The number of carbonyl (C=O) groups is 1. The van der Waals surface area contributed by atoms with Crippen LogP contribution in [0, 0.1) is 5.82 Å². The summed E-state index contributed by atoms with van der Waals surface area (Å²) in [5.41, 5.74) is 0.475. The third-order valence-electron chi connectivity index (χ3n) is 4.94. The number of nitrogens with one attached hydrogen (secondary N) is 1. The number of para-hydroxylation sites is 2. The maximum Gasteiger partial charge on any atom is 0.241 e. The summed E-state index contributed by atoms with van der Waals surface area (Å²) in [4.78, 5) is 14.6. The monoisotopic (exact) mass is 386 g/mol. The quantitative estimate of drug-likeness (QED) is 0.779. The number of ether oxygens (including phenoxy) is 2. The number of hydrogen-bond donors (Lipinski definition) is 1. The van der Waals surface area contributed by atoms with Crippen molar-refractivity contribution in [2.45, 2.75) is 38.8 Å². The maximum atomic E-state index is 13.3. The first-order chi connectivity index (χ1) is 13.6. The number of amides is 1. The molecule has 3 rings (SSSR count). The summed E-state index contributed by atoms with van der Waals surface area (Å²) < 4.78 is 25.0. The van der Waals surface area contributed by atoms with Crippen LogP contribution in [0.2, 0.25) is 0 Å². The SMILES string of the molecule is CCOc1ccccc1OC1CCN(C(C)C(=O)Nc2cccc(F)c2)CC1. The molecule has 28 heavy (non-hydrogen) atoms. The number of nitrogens with zero attached hydrogens (tertiary/aromatic N) is 1. The van der Waals surface area contributed by atoms with E-state index in [0.29, 0.717) is 12.3 Å². The zero-order chi connectivity index (χ0) is 19.9. The highest BCUT2D eigenvalue weighted by Crippen LogP contribution is 2.29. The number of rotatable bonds is 7. The fraction of sp³-hybridized carbons (Fsp3) is 0.409. The fourth-order valence-corrected chi connectivity index (χ4v) is 3.36. The minimum absolute atomic E-state index is 0.0938. The minimum Gasteiger partial charge on any atom is -0.490 e. The van der Waals surface area contributed by atoms with Crippen LogP contribution in [0.5, 0.6) is 11.5 Å². The molecule has 1 unspecified atom stereocenters. The van der Waals surface area contributed by atoms with Crippen molar-refractivity contribution in [1.29, 1.82) is 0 Å². The van der Waals surface area contributed by atoms with E-state index in [2.05, 4.69) is 10.2 Å². The molecule has 1 atom stereocenters. The second kappa shape index (κ2) is 9.55. The highest BCUT2D eigenvalue weighted by molar-refractivity contribution is 5.94. The van der Waals surface area contributed by atoms with Crippen molar-refractivity contribution >= 4 is 11.6 Å². The Kier molecular flexibility index (Phi) is 6.87. The van der Waals surface area contributed by atoms with Gasteiger partial charge >= 0.3 is 0 Å². The van der Waals surface area contributed by atoms with Crippen molar-refractivity contribution in [2.75, 3.05) is 25.0 Å². The molecule has 2 aromatic rings. The van der Waals surface area contributed by atoms with Gasteiger partial charge in [-0.2, -0.15) is 0 Å². The summed E-state index contributed by atoms with van der Waals surface area (Å²) in [7, 11) is 0. The van der Waals surface area contributed by atoms with Gasteiger partial charge in [-0.3, -0.25) is 9.69 Å². The summed E-state index contributed by atoms with van der Waals surface area (Å²) in [5.74, 6) is 1.03. The molecule has 1 heterocycles. The Morgan fingerprint density at radius 3 is 2.57 bits per heavy atom. The van der Waals surface area contributed by atoms with Crippen LogP contribution in [0.4, 0.5) is 10.1 Å². The molecule has 1 fully saturated rings. The van der Waals surface area contributed by atoms with Gasteiger partial charge in [0.25, 0.3) is 0 Å². The number of halogens is 1. The van der Waals surface area contributed by atoms with Crippen molar-refractivity contribution in [1.82, 2.24) is 4.90 Å². The first kappa shape index (κ1) is 20.1. The molecule has 0 aliphatic carbocycles. The molecule has 1 aliphatic rings. The largest absolute Gasteiger partial charge is 0.490 e. The highest BCUT2D eigenvalue weighted by atomic mass is 19.1. The molecule has 1 aliphatic heterocycles. The molecule has 1 saturated heterocycles. The van der Waals surface area contributed by atoms with Crippen LogP contribution < -0.4 is 14.8 Å². The van der Waals surface area contributed by atoms with Crippen molar-refractivity contribution in [2.24, 2.45) is 0 Å². The summed E-state index contributed by atoms with van der Waals surface area (Å²) in [5, 5.41) is 2.78. The third-order valence-corrected chi connectivity index (χ3v) is 4.94. The molecular weight excluding hydrogens is 359 g/mol. The van der Waals surface area contributed by atoms with Crippen LogP contribution >= 0.6 is 0 Å². The predicted octanol–water partition coefficient (Wildman–Crippen LogP) is 4.09. The Balaban J connectivity index is 1.51. The Morgan fingerprint density at radius 1 is 1.18 bits per heavy atom. The Labute approximate surface area is 165 Å². The van der Waals surface area contributed by atoms with E-state index in [0.717, 1.165) is 37.4 Å². The van der Waals surface area contributed by atoms with Crippen molar-refractivity contribution in [3.8, 4) is 11.5 Å². The molecule has 0 aromatic heterocycles. The lowest BCUT2D eigenvalue weighted by molar-refractivity contribution is -0.121. The van der Waals surface area contributed by atoms with Gasteiger partial charge in [0.2, 0.25) is 5.91 Å². The smallest absolute Gasteiger partial charge is 0.241 e. The van der Waals surface area contributed by atoms with Crippen molar-refractivity contribution in [3.05, 3.63) is 54.3 Å². The topological polar surface area (TPSA) is 50.8 Å². The molecule has 0 bridgehead atoms. The van der Waals surface area contributed by atoms with E-state index in [4.69, 9.17) is 9.47 Å². The molecule has 150 valence electrons. The van der Waals surface area contributed by atoms with Crippen LogP contribution in [0.15, 0.2) is 48.5 Å². The average Bonchev–Trinajstić information content (AvgIpc) is 2.70. The Hall–Kier alpha value is -2.60. The predicted molar refractivity (Wildman–Crippen MR) is 107 cm³/mol. The number of piperidine rings is 1. The number of carbonyl (C=O) groups excluding carboxylic acids is 1. The minimum atomic E-state index is -0.365. The van der Waals surface area contributed by atoms with Crippen LogP contribution in [0.3, 0.4) is 0 Å². The summed E-state index contributed by atoms with van der Waals surface area (Å²) >= 11 is 0. The van der Waals surface area contributed by atoms with Gasteiger partial charge < -0.3 is 14.8 Å². The van der Waals surface area contributed by atoms with E-state index in [9.17, 15) is 9.18 Å². The van der Waals surface area contributed by atoms with Crippen LogP contribution in [0.25, 0.3) is 0 Å². The first-order valence-electron chi connectivity index (χ1n) is 9.75. The Bertz CT molecular complexity index is 791. The van der Waals surface area contributed by atoms with Gasteiger partial charge in [-0.1, -0.05) is 18.2 Å². The zero-order valence-electron chi connectivity index (χ0n) is 16.4. The molecule has 0 saturated carbocycles. The zero-order valence-corrected chi connectivity index (χ0v) is 16.4. The average molecular weight is 386 g/mol. The normalized spacial score (nSPS) is 16.4. The summed E-state index contributed by atoms with van der Waals surface area (Å²) in [6.07, 6.45) is 1.76. The second-order valence-corrected chi connectivity index (χ2v) is 6.91. The van der Waals surface area contributed by atoms with E-state index < -0.39 is 0 Å². The summed E-state index contributed by atoms with van der Waals surface area (Å²) in [6, 6.07) is 13.3. The van der Waals surface area contributed by atoms with E-state index in [1.807, 2.05) is 38.1 Å². The van der Waals surface area contributed by atoms with Gasteiger partial charge in [-0.25, -0.2) is 4.39 Å². The Morgan fingerprint density at radius 2 is 1.89 bits per heavy atom. The number of anilines is 1. The van der Waals surface area contributed by atoms with Gasteiger partial charge in [0.1, 0.15) is 11.9 Å². The van der Waals surface area contributed by atoms with Crippen molar-refractivity contribution in [3.63, 3.8) is 0 Å². The molecule has 5 nitrogen and oxygen atoms in total. The second-order valence-electron chi connectivity index (χ2n) is 6.91. The van der Waals surface area contributed by atoms with E-state index in [1.165, 1.54) is 12.1 Å². The van der Waals surface area contributed by atoms with E-state index in [1.54, 1.807) is 12.1 Å². The van der Waals surface area contributed by atoms with Crippen LogP contribution in [-0.2, 0) is 4.79 Å². The molecule has 6 heteroatoms. The maximum absolute atomic E-state index is 13.3. The number of benzene rings is 2. The van der Waals surface area contributed by atoms with Gasteiger partial charge in [-0.15, -0.1) is 0 Å². The molecule has 0 spiro atoms.